The molecule has 1 atom stereocenters. The molecule has 0 rings (SSSR count). The molecular weight excluding hydrogens is 206 g/mol. The zero-order chi connectivity index (χ0) is 13.3. The van der Waals surface area contributed by atoms with Gasteiger partial charge in [-0.25, -0.2) is 0 Å². The Kier molecular flexibility index (Phi) is 4.14. The Balaban J connectivity index is 4.96. The van der Waals surface area contributed by atoms with Crippen molar-refractivity contribution in [1.29, 1.82) is 0 Å². The molecule has 0 radical (unpaired) electrons. The first-order chi connectivity index (χ1) is 6.92. The lowest BCUT2D eigenvalue weighted by atomic mass is 9.84. The van der Waals surface area contributed by atoms with Gasteiger partial charge in [0.05, 0.1) is 0 Å². The van der Waals surface area contributed by atoms with Crippen LogP contribution in [0.15, 0.2) is 0 Å². The second-order valence-electron chi connectivity index (χ2n) is 5.89. The SMILES string of the molecule is CC(N(C)C(=O)C(C)(C)C(=O)O)C(C)(C)C. The number of amides is 1. The van der Waals surface area contributed by atoms with Crippen LogP contribution in [-0.4, -0.2) is 35.0 Å². The van der Waals surface area contributed by atoms with Crippen molar-refractivity contribution >= 4 is 11.9 Å². The minimum Gasteiger partial charge on any atom is -0.480 e. The Morgan fingerprint density at radius 3 is 1.75 bits per heavy atom. The smallest absolute Gasteiger partial charge is 0.318 e. The molecule has 0 aliphatic carbocycles. The van der Waals surface area contributed by atoms with Crippen LogP contribution in [0.1, 0.15) is 41.5 Å². The molecule has 0 heterocycles. The summed E-state index contributed by atoms with van der Waals surface area (Å²) in [5, 5.41) is 9.00. The zero-order valence-electron chi connectivity index (χ0n) is 11.3. The minimum atomic E-state index is -1.37. The largest absolute Gasteiger partial charge is 0.480 e. The number of rotatable bonds is 3. The summed E-state index contributed by atoms with van der Waals surface area (Å²) >= 11 is 0. The highest BCUT2D eigenvalue weighted by Gasteiger charge is 2.41. The van der Waals surface area contributed by atoms with Crippen LogP contribution < -0.4 is 0 Å². The van der Waals surface area contributed by atoms with Crippen LogP contribution in [0.4, 0.5) is 0 Å². The lowest BCUT2D eigenvalue weighted by Crippen LogP contribution is -2.50. The maximum absolute atomic E-state index is 12.0. The Labute approximate surface area is 97.6 Å². The summed E-state index contributed by atoms with van der Waals surface area (Å²) in [6.45, 7) is 10.9. The molecule has 0 bridgehead atoms. The van der Waals surface area contributed by atoms with Gasteiger partial charge >= 0.3 is 5.97 Å². The Morgan fingerprint density at radius 1 is 1.12 bits per heavy atom. The summed E-state index contributed by atoms with van der Waals surface area (Å²) in [7, 11) is 1.66. The normalized spacial score (nSPS) is 14.4. The summed E-state index contributed by atoms with van der Waals surface area (Å²) in [4.78, 5) is 24.6. The van der Waals surface area contributed by atoms with Gasteiger partial charge in [0.25, 0.3) is 0 Å². The van der Waals surface area contributed by atoms with E-state index in [1.165, 1.54) is 18.7 Å². The molecule has 0 saturated heterocycles. The lowest BCUT2D eigenvalue weighted by Gasteiger charge is -2.38. The van der Waals surface area contributed by atoms with Gasteiger partial charge in [0.1, 0.15) is 5.41 Å². The standard InChI is InChI=1S/C12H23NO3/c1-8(11(2,3)4)13(7)9(14)12(5,6)10(15)16/h8H,1-7H3,(H,15,16). The third-order valence-corrected chi connectivity index (χ3v) is 3.22. The van der Waals surface area contributed by atoms with Crippen LogP contribution in [0.2, 0.25) is 0 Å². The van der Waals surface area contributed by atoms with Crippen molar-refractivity contribution in [2.75, 3.05) is 7.05 Å². The molecule has 16 heavy (non-hydrogen) atoms. The van der Waals surface area contributed by atoms with E-state index in [9.17, 15) is 9.59 Å². The number of hydrogen-bond donors (Lipinski definition) is 1. The summed E-state index contributed by atoms with van der Waals surface area (Å²) < 4.78 is 0. The maximum atomic E-state index is 12.0. The predicted molar refractivity (Wildman–Crippen MR) is 63.1 cm³/mol. The maximum Gasteiger partial charge on any atom is 0.318 e. The topological polar surface area (TPSA) is 57.6 Å². The summed E-state index contributed by atoms with van der Waals surface area (Å²) in [6.07, 6.45) is 0. The molecule has 0 aliphatic heterocycles. The number of carboxylic acids is 1. The summed E-state index contributed by atoms with van der Waals surface area (Å²) in [5.74, 6) is -1.45. The number of hydrogen-bond acceptors (Lipinski definition) is 2. The number of carboxylic acid groups (broad SMARTS) is 1. The van der Waals surface area contributed by atoms with E-state index in [0.717, 1.165) is 0 Å². The average Bonchev–Trinajstić information content (AvgIpc) is 2.12. The van der Waals surface area contributed by atoms with Crippen molar-refractivity contribution in [3.8, 4) is 0 Å². The van der Waals surface area contributed by atoms with Crippen LogP contribution in [0.3, 0.4) is 0 Å². The van der Waals surface area contributed by atoms with Crippen LogP contribution in [-0.2, 0) is 9.59 Å². The zero-order valence-corrected chi connectivity index (χ0v) is 11.3. The molecule has 0 aliphatic rings. The molecule has 0 saturated carbocycles. The first-order valence-electron chi connectivity index (χ1n) is 5.43. The summed E-state index contributed by atoms with van der Waals surface area (Å²) in [5.41, 5.74) is -1.44. The molecule has 1 N–H and O–H groups in total. The highest BCUT2D eigenvalue weighted by molar-refractivity contribution is 6.01. The molecule has 0 spiro atoms. The van der Waals surface area contributed by atoms with E-state index >= 15 is 0 Å². The fraction of sp³-hybridized carbons (Fsp3) is 0.833. The van der Waals surface area contributed by atoms with Gasteiger partial charge in [0.2, 0.25) is 5.91 Å². The Morgan fingerprint density at radius 2 is 1.50 bits per heavy atom. The van der Waals surface area contributed by atoms with E-state index in [-0.39, 0.29) is 17.4 Å². The Bertz CT molecular complexity index is 289. The van der Waals surface area contributed by atoms with Crippen molar-refractivity contribution < 1.29 is 14.7 Å². The van der Waals surface area contributed by atoms with Gasteiger partial charge in [-0.3, -0.25) is 9.59 Å². The fourth-order valence-corrected chi connectivity index (χ4v) is 1.29. The second-order valence-corrected chi connectivity index (χ2v) is 5.89. The predicted octanol–water partition coefficient (Wildman–Crippen LogP) is 1.99. The second kappa shape index (κ2) is 4.44. The van der Waals surface area contributed by atoms with E-state index in [2.05, 4.69) is 0 Å². The van der Waals surface area contributed by atoms with Gasteiger partial charge in [0, 0.05) is 13.1 Å². The fourth-order valence-electron chi connectivity index (χ4n) is 1.29. The quantitative estimate of drug-likeness (QED) is 0.753. The molecule has 0 aromatic carbocycles. The Hall–Kier alpha value is -1.06. The van der Waals surface area contributed by atoms with E-state index in [1.807, 2.05) is 27.7 Å². The number of carbonyl (C=O) groups is 2. The number of nitrogens with zero attached hydrogens (tertiary/aromatic N) is 1. The van der Waals surface area contributed by atoms with Gasteiger partial charge in [-0.15, -0.1) is 0 Å². The van der Waals surface area contributed by atoms with Crippen molar-refractivity contribution in [3.63, 3.8) is 0 Å². The van der Waals surface area contributed by atoms with Crippen molar-refractivity contribution in [2.24, 2.45) is 10.8 Å². The number of carbonyl (C=O) groups excluding carboxylic acids is 1. The van der Waals surface area contributed by atoms with E-state index < -0.39 is 11.4 Å². The van der Waals surface area contributed by atoms with Gasteiger partial charge in [-0.1, -0.05) is 20.8 Å². The molecule has 1 unspecified atom stereocenters. The van der Waals surface area contributed by atoms with Gasteiger partial charge in [-0.05, 0) is 26.2 Å². The number of aliphatic carboxylic acids is 1. The summed E-state index contributed by atoms with van der Waals surface area (Å²) in [6, 6.07) is -0.0152. The minimum absolute atomic E-state index is 0.0152. The van der Waals surface area contributed by atoms with E-state index in [0.29, 0.717) is 0 Å². The molecule has 0 aromatic rings. The highest BCUT2D eigenvalue weighted by atomic mass is 16.4. The van der Waals surface area contributed by atoms with Crippen molar-refractivity contribution in [2.45, 2.75) is 47.6 Å². The lowest BCUT2D eigenvalue weighted by molar-refractivity contribution is -0.159. The molecular formula is C12H23NO3. The first-order valence-corrected chi connectivity index (χ1v) is 5.43. The molecule has 0 fully saturated rings. The molecule has 94 valence electrons. The molecule has 1 amide bonds. The van der Waals surface area contributed by atoms with Crippen molar-refractivity contribution in [3.05, 3.63) is 0 Å². The van der Waals surface area contributed by atoms with Gasteiger partial charge in [0.15, 0.2) is 0 Å². The third-order valence-electron chi connectivity index (χ3n) is 3.22. The van der Waals surface area contributed by atoms with Gasteiger partial charge in [-0.2, -0.15) is 0 Å². The van der Waals surface area contributed by atoms with E-state index in [4.69, 9.17) is 5.11 Å². The third kappa shape index (κ3) is 2.97. The van der Waals surface area contributed by atoms with Crippen LogP contribution in [0, 0.1) is 10.8 Å². The molecule has 0 aromatic heterocycles. The van der Waals surface area contributed by atoms with E-state index in [1.54, 1.807) is 7.05 Å². The van der Waals surface area contributed by atoms with Crippen molar-refractivity contribution in [1.82, 2.24) is 4.90 Å². The molecule has 4 heteroatoms. The first kappa shape index (κ1) is 14.9. The van der Waals surface area contributed by atoms with Gasteiger partial charge < -0.3 is 10.0 Å². The highest BCUT2D eigenvalue weighted by Crippen LogP contribution is 2.27. The molecule has 4 nitrogen and oxygen atoms in total. The van der Waals surface area contributed by atoms with Crippen LogP contribution in [0.5, 0.6) is 0 Å². The van der Waals surface area contributed by atoms with Crippen LogP contribution in [0.25, 0.3) is 0 Å². The average molecular weight is 229 g/mol. The monoisotopic (exact) mass is 229 g/mol. The van der Waals surface area contributed by atoms with Crippen LogP contribution >= 0.6 is 0 Å².